The van der Waals surface area contributed by atoms with Crippen molar-refractivity contribution in [2.75, 3.05) is 49.7 Å². The number of hydrogen-bond acceptors (Lipinski definition) is 18. The van der Waals surface area contributed by atoms with Crippen LogP contribution in [0, 0.1) is 11.8 Å². The summed E-state index contributed by atoms with van der Waals surface area (Å²) in [5.41, 5.74) is 4.24. The van der Waals surface area contributed by atoms with Gasteiger partial charge in [0, 0.05) is 34.6 Å². The van der Waals surface area contributed by atoms with Gasteiger partial charge >= 0.3 is 23.9 Å². The van der Waals surface area contributed by atoms with Gasteiger partial charge in [0.1, 0.15) is 11.6 Å². The first-order valence-corrected chi connectivity index (χ1v) is 19.9. The molecule has 4 atom stereocenters. The van der Waals surface area contributed by atoms with Crippen molar-refractivity contribution in [1.82, 2.24) is 29.9 Å². The highest BCUT2D eigenvalue weighted by molar-refractivity contribution is 5.91. The Morgan fingerprint density at radius 2 is 0.619 bits per heavy atom. The van der Waals surface area contributed by atoms with Gasteiger partial charge in [0.2, 0.25) is 23.8 Å². The number of fused-ring (bicyclic) bond motifs is 2. The summed E-state index contributed by atoms with van der Waals surface area (Å²) in [5.74, 6) is 1.07. The first-order chi connectivity index (χ1) is 30.6. The molecular weight excluding hydrogens is 809 g/mol. The summed E-state index contributed by atoms with van der Waals surface area (Å²) < 4.78 is 19.4. The van der Waals surface area contributed by atoms with Gasteiger partial charge in [0.15, 0.2) is 0 Å². The Bertz CT molecular complexity index is 2300. The Balaban J connectivity index is 1.06. The number of nitrogens with zero attached hydrogens (tertiary/aromatic N) is 6. The topological polar surface area (TPSA) is 231 Å². The molecule has 63 heavy (non-hydrogen) atoms. The van der Waals surface area contributed by atoms with Crippen LogP contribution in [0.2, 0.25) is 0 Å². The van der Waals surface area contributed by atoms with Crippen molar-refractivity contribution < 1.29 is 38.1 Å². The summed E-state index contributed by atoms with van der Waals surface area (Å²) in [6, 6.07) is 27.2. The smallest absolute Gasteiger partial charge is 0.337 e. The van der Waals surface area contributed by atoms with E-state index in [1.807, 2.05) is 0 Å². The number of esters is 4. The van der Waals surface area contributed by atoms with E-state index in [9.17, 15) is 19.2 Å². The molecule has 6 aromatic rings. The van der Waals surface area contributed by atoms with E-state index in [2.05, 4.69) is 31.2 Å². The van der Waals surface area contributed by atoms with Gasteiger partial charge < -0.3 is 40.2 Å². The Morgan fingerprint density at radius 1 is 0.381 bits per heavy atom. The number of ether oxygens (including phenoxy) is 4. The molecule has 0 saturated heterocycles. The van der Waals surface area contributed by atoms with Crippen molar-refractivity contribution in [2.45, 2.75) is 31.1 Å². The Labute approximate surface area is 361 Å². The first kappa shape index (κ1) is 41.7. The van der Waals surface area contributed by atoms with Crippen LogP contribution >= 0.6 is 0 Å². The van der Waals surface area contributed by atoms with Gasteiger partial charge in [-0.25, -0.2) is 19.2 Å². The maximum atomic E-state index is 12.0. The van der Waals surface area contributed by atoms with Crippen LogP contribution in [0.4, 0.5) is 46.5 Å². The molecule has 4 aromatic carbocycles. The van der Waals surface area contributed by atoms with Crippen molar-refractivity contribution in [1.29, 1.82) is 0 Å². The minimum atomic E-state index is -0.445. The highest BCUT2D eigenvalue weighted by Crippen LogP contribution is 2.58. The highest BCUT2D eigenvalue weighted by atomic mass is 16.5. The van der Waals surface area contributed by atoms with E-state index in [0.29, 0.717) is 80.4 Å². The third-order valence-corrected chi connectivity index (χ3v) is 11.1. The molecule has 2 heterocycles. The second-order valence-electron chi connectivity index (χ2n) is 14.9. The molecule has 0 spiro atoms. The van der Waals surface area contributed by atoms with Crippen LogP contribution in [-0.2, 0) is 18.9 Å². The fraction of sp³-hybridized carbons (Fsp3) is 0.244. The lowest BCUT2D eigenvalue weighted by Gasteiger charge is -2.27. The van der Waals surface area contributed by atoms with E-state index in [-0.39, 0.29) is 23.7 Å². The van der Waals surface area contributed by atoms with Gasteiger partial charge in [0.05, 0.1) is 50.7 Å². The molecule has 18 nitrogen and oxygen atoms in total. The minimum absolute atomic E-state index is 0.00238. The number of aromatic nitrogens is 6. The Morgan fingerprint density at radius 3 is 0.825 bits per heavy atom. The average molecular weight is 851 g/mol. The second kappa shape index (κ2) is 18.3. The van der Waals surface area contributed by atoms with Gasteiger partial charge in [-0.1, -0.05) is 0 Å². The molecule has 2 aromatic heterocycles. The summed E-state index contributed by atoms with van der Waals surface area (Å²) in [7, 11) is 5.32. The third kappa shape index (κ3) is 9.49. The van der Waals surface area contributed by atoms with Crippen molar-refractivity contribution >= 4 is 70.4 Å². The van der Waals surface area contributed by atoms with Crippen molar-refractivity contribution in [2.24, 2.45) is 11.8 Å². The van der Waals surface area contributed by atoms with Crippen molar-refractivity contribution in [3.05, 3.63) is 131 Å². The highest BCUT2D eigenvalue weighted by Gasteiger charge is 2.49. The average Bonchev–Trinajstić information content (AvgIpc) is 3.94. The first-order valence-electron chi connectivity index (χ1n) is 19.9. The van der Waals surface area contributed by atoms with Crippen LogP contribution in [-0.4, -0.2) is 82.2 Å². The van der Waals surface area contributed by atoms with Crippen molar-refractivity contribution in [3.8, 4) is 0 Å². The summed E-state index contributed by atoms with van der Waals surface area (Å²) in [4.78, 5) is 77.2. The molecule has 2 aliphatic carbocycles. The SMILES string of the molecule is COC(=O)c1ccc(Nc2nc(Nc3ccc(C(=O)OC)cc3)nc(C3CC4CC3CC4c3nc(Nc4ccc(C(=O)OC)cc4)nc(Nc4ccc(C(=O)OC)cc4)n3)n2)cc1. The predicted molar refractivity (Wildman–Crippen MR) is 230 cm³/mol. The van der Waals surface area contributed by atoms with Gasteiger partial charge in [-0.05, 0) is 128 Å². The number of anilines is 8. The molecule has 18 heteroatoms. The molecule has 2 saturated carbocycles. The van der Waals surface area contributed by atoms with Crippen LogP contribution in [0.15, 0.2) is 97.1 Å². The minimum Gasteiger partial charge on any atom is -0.465 e. The number of hydrogen-bond donors (Lipinski definition) is 4. The molecular formula is C45H42N10O8. The van der Waals surface area contributed by atoms with Gasteiger partial charge in [-0.15, -0.1) is 0 Å². The Kier molecular flexibility index (Phi) is 12.1. The van der Waals surface area contributed by atoms with E-state index in [0.717, 1.165) is 19.3 Å². The number of carbonyl (C=O) groups is 4. The van der Waals surface area contributed by atoms with Crippen LogP contribution < -0.4 is 21.3 Å². The summed E-state index contributed by atoms with van der Waals surface area (Å²) in [6.07, 6.45) is 2.43. The number of carbonyl (C=O) groups excluding carboxylic acids is 4. The molecule has 0 radical (unpaired) electrons. The lowest BCUT2D eigenvalue weighted by Crippen LogP contribution is -2.21. The zero-order valence-corrected chi connectivity index (χ0v) is 34.6. The van der Waals surface area contributed by atoms with E-state index in [1.54, 1.807) is 97.1 Å². The fourth-order valence-electron chi connectivity index (χ4n) is 7.99. The molecule has 4 unspecified atom stereocenters. The van der Waals surface area contributed by atoms with E-state index < -0.39 is 23.9 Å². The molecule has 4 N–H and O–H groups in total. The largest absolute Gasteiger partial charge is 0.465 e. The lowest BCUT2D eigenvalue weighted by atomic mass is 9.81. The maximum Gasteiger partial charge on any atom is 0.337 e. The number of nitrogens with one attached hydrogen (secondary N) is 4. The molecule has 0 aliphatic heterocycles. The molecule has 0 amide bonds. The van der Waals surface area contributed by atoms with Gasteiger partial charge in [0.25, 0.3) is 0 Å². The summed E-state index contributed by atoms with van der Waals surface area (Å²) in [6.45, 7) is 0. The third-order valence-electron chi connectivity index (χ3n) is 11.1. The van der Waals surface area contributed by atoms with Gasteiger partial charge in [-0.3, -0.25) is 0 Å². The molecule has 8 rings (SSSR count). The molecule has 2 bridgehead atoms. The summed E-state index contributed by atoms with van der Waals surface area (Å²) in [5, 5.41) is 13.0. The summed E-state index contributed by atoms with van der Waals surface area (Å²) >= 11 is 0. The predicted octanol–water partition coefficient (Wildman–Crippen LogP) is 7.47. The van der Waals surface area contributed by atoms with Crippen molar-refractivity contribution in [3.63, 3.8) is 0 Å². The number of benzene rings is 4. The van der Waals surface area contributed by atoms with E-state index >= 15 is 0 Å². The monoisotopic (exact) mass is 850 g/mol. The zero-order valence-electron chi connectivity index (χ0n) is 34.6. The lowest BCUT2D eigenvalue weighted by molar-refractivity contribution is 0.0592. The standard InChI is InChI=1S/C45H42N10O8/c1-60-38(56)24-5-13-30(14-6-24)46-42-50-36(51-43(54-42)47-31-15-7-25(8-16-31)39(57)61-2)34-22-29-21-28(34)23-35(29)37-52-44(48-32-17-9-26(10-18-32)40(58)62-3)55-45(53-37)49-33-19-11-27(12-20-33)41(59)63-4/h5-20,28-29,34-35H,21-23H2,1-4H3,(H2,46,47,50,51,54)(H2,48,49,52,53,55). The molecule has 2 fully saturated rings. The van der Waals surface area contributed by atoms with Gasteiger partial charge in [-0.2, -0.15) is 29.9 Å². The quantitative estimate of drug-likeness (QED) is 0.0615. The van der Waals surface area contributed by atoms with E-state index in [4.69, 9.17) is 38.9 Å². The zero-order chi connectivity index (χ0) is 44.0. The second-order valence-corrected chi connectivity index (χ2v) is 14.9. The van der Waals surface area contributed by atoms with E-state index in [1.165, 1.54) is 28.4 Å². The molecule has 320 valence electrons. The maximum absolute atomic E-state index is 12.0. The van der Waals surface area contributed by atoms with Crippen LogP contribution in [0.25, 0.3) is 0 Å². The Hall–Kier alpha value is -8.02. The fourth-order valence-corrected chi connectivity index (χ4v) is 7.99. The van der Waals surface area contributed by atoms with Crippen LogP contribution in [0.3, 0.4) is 0 Å². The normalized spacial score (nSPS) is 17.3. The molecule has 2 aliphatic rings. The number of rotatable bonds is 14. The number of methoxy groups -OCH3 is 4. The van der Waals surface area contributed by atoms with Crippen LogP contribution in [0.5, 0.6) is 0 Å². The van der Waals surface area contributed by atoms with Crippen LogP contribution in [0.1, 0.15) is 84.2 Å².